The molecule has 2 aromatic heterocycles. The van der Waals surface area contributed by atoms with E-state index in [1.54, 1.807) is 14.0 Å². The molecule has 0 unspecified atom stereocenters. The number of nitrogens with zero attached hydrogens (tertiary/aromatic N) is 2. The quantitative estimate of drug-likeness (QED) is 0.246. The van der Waals surface area contributed by atoms with E-state index >= 15 is 0 Å². The number of Topliss-reactive ketones (excluding diaryl/α,β-unsaturated/α-hetero) is 1. The zero-order valence-corrected chi connectivity index (χ0v) is 21.5. The summed E-state index contributed by atoms with van der Waals surface area (Å²) in [5, 5.41) is 3.02. The molecule has 5 aromatic rings. The van der Waals surface area contributed by atoms with Crippen molar-refractivity contribution in [2.45, 2.75) is 26.3 Å². The first-order valence-corrected chi connectivity index (χ1v) is 12.6. The number of methoxy groups -OCH3 is 1. The van der Waals surface area contributed by atoms with E-state index in [9.17, 15) is 9.59 Å². The van der Waals surface area contributed by atoms with Crippen LogP contribution in [0.3, 0.4) is 0 Å². The smallest absolute Gasteiger partial charge is 0.220 e. The number of benzene rings is 3. The highest BCUT2D eigenvalue weighted by Gasteiger charge is 2.17. The lowest BCUT2D eigenvalue weighted by Crippen LogP contribution is -2.23. The Morgan fingerprint density at radius 1 is 0.868 bits per heavy atom. The molecule has 0 aliphatic heterocycles. The summed E-state index contributed by atoms with van der Waals surface area (Å²) < 4.78 is 7.51. The number of aromatic nitrogens is 2. The number of amides is 1. The predicted molar refractivity (Wildman–Crippen MR) is 149 cm³/mol. The molecular formula is C32H29N3O3. The van der Waals surface area contributed by atoms with Crippen molar-refractivity contribution in [2.75, 3.05) is 7.11 Å². The first kappa shape index (κ1) is 25.0. The monoisotopic (exact) mass is 503 g/mol. The summed E-state index contributed by atoms with van der Waals surface area (Å²) in [6.45, 7) is 2.06. The third kappa shape index (κ3) is 5.49. The molecule has 6 heteroatoms. The fourth-order valence-electron chi connectivity index (χ4n) is 4.52. The number of ether oxygens (including phenoxy) is 1. The van der Waals surface area contributed by atoms with Crippen LogP contribution in [0.25, 0.3) is 28.0 Å². The van der Waals surface area contributed by atoms with Gasteiger partial charge >= 0.3 is 0 Å². The van der Waals surface area contributed by atoms with Crippen LogP contribution in [-0.2, 0) is 17.8 Å². The molecule has 38 heavy (non-hydrogen) atoms. The number of fused-ring (bicyclic) bond motifs is 1. The van der Waals surface area contributed by atoms with Crippen LogP contribution >= 0.6 is 0 Å². The van der Waals surface area contributed by atoms with Gasteiger partial charge in [0.2, 0.25) is 5.91 Å². The van der Waals surface area contributed by atoms with E-state index in [2.05, 4.69) is 9.72 Å². The Labute approximate surface area is 221 Å². The van der Waals surface area contributed by atoms with Crippen LogP contribution in [0.5, 0.6) is 5.75 Å². The van der Waals surface area contributed by atoms with Crippen molar-refractivity contribution < 1.29 is 14.3 Å². The number of nitrogens with one attached hydrogen (secondary N) is 1. The Balaban J connectivity index is 1.48. The van der Waals surface area contributed by atoms with Gasteiger partial charge in [-0.15, -0.1) is 0 Å². The minimum Gasteiger partial charge on any atom is -0.497 e. The third-order valence-corrected chi connectivity index (χ3v) is 6.61. The van der Waals surface area contributed by atoms with Gasteiger partial charge in [0.15, 0.2) is 5.78 Å². The first-order valence-electron chi connectivity index (χ1n) is 12.6. The number of pyridine rings is 1. The van der Waals surface area contributed by atoms with Crippen molar-refractivity contribution in [3.63, 3.8) is 0 Å². The maximum absolute atomic E-state index is 12.8. The van der Waals surface area contributed by atoms with Gasteiger partial charge in [-0.25, -0.2) is 4.98 Å². The van der Waals surface area contributed by atoms with E-state index < -0.39 is 0 Å². The van der Waals surface area contributed by atoms with Crippen LogP contribution in [0.4, 0.5) is 0 Å². The third-order valence-electron chi connectivity index (χ3n) is 6.61. The van der Waals surface area contributed by atoms with E-state index in [-0.39, 0.29) is 11.7 Å². The van der Waals surface area contributed by atoms with Gasteiger partial charge in [-0.2, -0.15) is 0 Å². The van der Waals surface area contributed by atoms with Crippen molar-refractivity contribution in [1.82, 2.24) is 14.7 Å². The van der Waals surface area contributed by atoms with Crippen LogP contribution in [0.2, 0.25) is 0 Å². The van der Waals surface area contributed by atoms with Crippen molar-refractivity contribution in [2.24, 2.45) is 0 Å². The van der Waals surface area contributed by atoms with Crippen molar-refractivity contribution in [3.05, 3.63) is 114 Å². The molecule has 0 atom stereocenters. The van der Waals surface area contributed by atoms with E-state index in [4.69, 9.17) is 9.72 Å². The van der Waals surface area contributed by atoms with Gasteiger partial charge in [0.1, 0.15) is 11.4 Å². The second-order valence-corrected chi connectivity index (χ2v) is 9.18. The minimum atomic E-state index is -0.0172. The van der Waals surface area contributed by atoms with E-state index in [1.165, 1.54) is 0 Å². The first-order chi connectivity index (χ1) is 18.5. The van der Waals surface area contributed by atoms with Crippen molar-refractivity contribution >= 4 is 17.3 Å². The van der Waals surface area contributed by atoms with Gasteiger partial charge < -0.3 is 14.5 Å². The van der Waals surface area contributed by atoms with E-state index in [1.807, 2.05) is 97.2 Å². The largest absolute Gasteiger partial charge is 0.497 e. The number of hydrogen-bond acceptors (Lipinski definition) is 4. The van der Waals surface area contributed by atoms with Crippen LogP contribution in [0, 0.1) is 0 Å². The van der Waals surface area contributed by atoms with Gasteiger partial charge in [-0.05, 0) is 54.3 Å². The Bertz CT molecular complexity index is 1590. The highest BCUT2D eigenvalue weighted by Crippen LogP contribution is 2.30. The minimum absolute atomic E-state index is 0.0172. The fourth-order valence-corrected chi connectivity index (χ4v) is 4.52. The maximum Gasteiger partial charge on any atom is 0.220 e. The second kappa shape index (κ2) is 11.1. The highest BCUT2D eigenvalue weighted by atomic mass is 16.5. The molecule has 6 nitrogen and oxygen atoms in total. The lowest BCUT2D eigenvalue weighted by atomic mass is 10.0. The second-order valence-electron chi connectivity index (χ2n) is 9.18. The van der Waals surface area contributed by atoms with E-state index in [0.29, 0.717) is 24.9 Å². The zero-order valence-electron chi connectivity index (χ0n) is 21.5. The van der Waals surface area contributed by atoms with Crippen LogP contribution in [0.15, 0.2) is 97.2 Å². The van der Waals surface area contributed by atoms with Crippen molar-refractivity contribution in [3.8, 4) is 28.1 Å². The Kier molecular flexibility index (Phi) is 7.31. The van der Waals surface area contributed by atoms with Gasteiger partial charge in [-0.3, -0.25) is 9.59 Å². The summed E-state index contributed by atoms with van der Waals surface area (Å²) in [6, 6.07) is 29.3. The Morgan fingerprint density at radius 3 is 2.37 bits per heavy atom. The average Bonchev–Trinajstić information content (AvgIpc) is 3.33. The SMILES string of the molecule is COc1cccc(-c2nc3ccc(-c4ccc(C(C)=O)cc4)cn3c2CCC(=O)NCc2ccccc2)c1. The van der Waals surface area contributed by atoms with Crippen molar-refractivity contribution in [1.29, 1.82) is 0 Å². The van der Waals surface area contributed by atoms with E-state index in [0.717, 1.165) is 45.0 Å². The van der Waals surface area contributed by atoms with Gasteiger partial charge in [0.05, 0.1) is 18.5 Å². The average molecular weight is 504 g/mol. The summed E-state index contributed by atoms with van der Waals surface area (Å²) in [5.74, 6) is 0.770. The molecule has 0 saturated heterocycles. The lowest BCUT2D eigenvalue weighted by molar-refractivity contribution is -0.121. The fraction of sp³-hybridized carbons (Fsp3) is 0.156. The molecule has 5 rings (SSSR count). The molecule has 0 bridgehead atoms. The number of carbonyl (C=O) groups is 2. The normalized spacial score (nSPS) is 10.9. The molecule has 0 spiro atoms. The number of rotatable bonds is 9. The summed E-state index contributed by atoms with van der Waals surface area (Å²) >= 11 is 0. The number of aryl methyl sites for hydroxylation is 1. The van der Waals surface area contributed by atoms with Gasteiger partial charge in [-0.1, -0.05) is 66.7 Å². The molecule has 2 heterocycles. The lowest BCUT2D eigenvalue weighted by Gasteiger charge is -2.09. The van der Waals surface area contributed by atoms with Gasteiger partial charge in [0, 0.05) is 30.3 Å². The molecule has 190 valence electrons. The van der Waals surface area contributed by atoms with Gasteiger partial charge in [0.25, 0.3) is 0 Å². The molecule has 3 aromatic carbocycles. The topological polar surface area (TPSA) is 72.7 Å². The maximum atomic E-state index is 12.8. The number of ketones is 1. The summed E-state index contributed by atoms with van der Waals surface area (Å²) in [7, 11) is 1.64. The molecular weight excluding hydrogens is 474 g/mol. The Hall–Kier alpha value is -4.71. The number of hydrogen-bond donors (Lipinski definition) is 1. The molecule has 1 amide bonds. The highest BCUT2D eigenvalue weighted by molar-refractivity contribution is 5.94. The molecule has 0 fully saturated rings. The molecule has 0 radical (unpaired) electrons. The number of carbonyl (C=O) groups excluding carboxylic acids is 2. The summed E-state index contributed by atoms with van der Waals surface area (Å²) in [4.78, 5) is 29.4. The zero-order chi connectivity index (χ0) is 26.5. The summed E-state index contributed by atoms with van der Waals surface area (Å²) in [5.41, 5.74) is 7.24. The van der Waals surface area contributed by atoms with Crippen LogP contribution in [0.1, 0.15) is 35.0 Å². The summed E-state index contributed by atoms with van der Waals surface area (Å²) in [6.07, 6.45) is 2.89. The predicted octanol–water partition coefficient (Wildman–Crippen LogP) is 6.13. The molecule has 0 aliphatic rings. The number of imidazole rings is 1. The Morgan fingerprint density at radius 2 is 1.63 bits per heavy atom. The van der Waals surface area contributed by atoms with Crippen LogP contribution in [-0.4, -0.2) is 28.2 Å². The molecule has 1 N–H and O–H groups in total. The van der Waals surface area contributed by atoms with Crippen LogP contribution < -0.4 is 10.1 Å². The molecule has 0 saturated carbocycles. The standard InChI is InChI=1S/C32H29N3O3/c1-22(36)24-11-13-25(14-12-24)27-15-17-30-34-32(26-9-6-10-28(19-26)38-2)29(35(30)21-27)16-18-31(37)33-20-23-7-4-3-5-8-23/h3-15,17,19,21H,16,18,20H2,1-2H3,(H,33,37). The molecule has 0 aliphatic carbocycles.